The summed E-state index contributed by atoms with van der Waals surface area (Å²) in [4.78, 5) is 37.1. The molecule has 4 N–H and O–H groups in total. The minimum absolute atomic E-state index is 0.617. The Balaban J connectivity index is 2.88. The van der Waals surface area contributed by atoms with E-state index in [9.17, 15) is 14.4 Å². The van der Waals surface area contributed by atoms with Gasteiger partial charge in [0.15, 0.2) is 0 Å². The van der Waals surface area contributed by atoms with Crippen LogP contribution < -0.4 is 21.3 Å². The molecule has 132 valence electrons. The van der Waals surface area contributed by atoms with E-state index in [1.807, 2.05) is 0 Å². The van der Waals surface area contributed by atoms with Gasteiger partial charge in [-0.25, -0.2) is 14.4 Å². The van der Waals surface area contributed by atoms with Crippen LogP contribution in [0.15, 0.2) is 0 Å². The van der Waals surface area contributed by atoms with Crippen LogP contribution in [0, 0.1) is 0 Å². The summed E-state index contributed by atoms with van der Waals surface area (Å²) in [5, 5.41) is 11.2. The smallest absolute Gasteiger partial charge is 0.411 e. The van der Waals surface area contributed by atoms with E-state index in [0.29, 0.717) is 0 Å². The lowest BCUT2D eigenvalue weighted by molar-refractivity contribution is 0.0134. The minimum Gasteiger partial charge on any atom is -0.453 e. The molecule has 0 aromatic rings. The molecule has 1 aliphatic rings. The van der Waals surface area contributed by atoms with Crippen molar-refractivity contribution in [2.45, 2.75) is 18.9 Å². The standard InChI is InChI=1S/C11H22N6O6/c1-16(10(19)22-4)7-12-6(14-9(18)21-3)13-8(15-7)17(2)11(20)23-5/h6-8,12-13,15H,1-5H3,(H,14,18). The summed E-state index contributed by atoms with van der Waals surface area (Å²) in [5.74, 6) is 0. The Kier molecular flexibility index (Phi) is 6.81. The van der Waals surface area contributed by atoms with Crippen molar-refractivity contribution >= 4 is 18.3 Å². The Hall–Kier alpha value is -2.31. The van der Waals surface area contributed by atoms with Gasteiger partial charge >= 0.3 is 18.3 Å². The summed E-state index contributed by atoms with van der Waals surface area (Å²) in [7, 11) is 6.65. The zero-order valence-electron chi connectivity index (χ0n) is 13.6. The second-order valence-corrected chi connectivity index (χ2v) is 4.54. The Morgan fingerprint density at radius 2 is 1.26 bits per heavy atom. The second-order valence-electron chi connectivity index (χ2n) is 4.54. The van der Waals surface area contributed by atoms with Crippen LogP contribution in [0.5, 0.6) is 0 Å². The van der Waals surface area contributed by atoms with Crippen LogP contribution in [-0.2, 0) is 14.2 Å². The van der Waals surface area contributed by atoms with Gasteiger partial charge in [-0.3, -0.25) is 31.1 Å². The average Bonchev–Trinajstić information content (AvgIpc) is 2.58. The molecule has 2 atom stereocenters. The van der Waals surface area contributed by atoms with Crippen molar-refractivity contribution < 1.29 is 28.6 Å². The van der Waals surface area contributed by atoms with Crippen molar-refractivity contribution in [2.24, 2.45) is 0 Å². The fraction of sp³-hybridized carbons (Fsp3) is 0.727. The highest BCUT2D eigenvalue weighted by atomic mass is 16.5. The minimum atomic E-state index is -0.794. The first-order chi connectivity index (χ1) is 10.8. The number of amides is 3. The SMILES string of the molecule is COC(=O)NC1NC(N(C)C(=O)OC)NC(N(C)C(=O)OC)N1. The number of rotatable bonds is 3. The largest absolute Gasteiger partial charge is 0.453 e. The van der Waals surface area contributed by atoms with Crippen LogP contribution in [0.2, 0.25) is 0 Å². The van der Waals surface area contributed by atoms with E-state index in [2.05, 4.69) is 35.5 Å². The second kappa shape index (κ2) is 8.36. The van der Waals surface area contributed by atoms with Crippen LogP contribution in [0.3, 0.4) is 0 Å². The zero-order chi connectivity index (χ0) is 17.6. The quantitative estimate of drug-likeness (QED) is 0.449. The number of hydrogen-bond acceptors (Lipinski definition) is 9. The lowest BCUT2D eigenvalue weighted by Gasteiger charge is -2.43. The third-order valence-corrected chi connectivity index (χ3v) is 3.11. The molecule has 1 saturated heterocycles. The van der Waals surface area contributed by atoms with Gasteiger partial charge < -0.3 is 14.2 Å². The molecule has 1 aliphatic heterocycles. The van der Waals surface area contributed by atoms with Gasteiger partial charge in [-0.05, 0) is 0 Å². The van der Waals surface area contributed by atoms with Gasteiger partial charge in [0.05, 0.1) is 21.3 Å². The summed E-state index contributed by atoms with van der Waals surface area (Å²) >= 11 is 0. The number of methoxy groups -OCH3 is 3. The van der Waals surface area contributed by atoms with E-state index in [-0.39, 0.29) is 0 Å². The van der Waals surface area contributed by atoms with Crippen LogP contribution in [0.4, 0.5) is 14.4 Å². The van der Waals surface area contributed by atoms with Gasteiger partial charge in [0.2, 0.25) is 0 Å². The van der Waals surface area contributed by atoms with Gasteiger partial charge in [0.1, 0.15) is 18.9 Å². The van der Waals surface area contributed by atoms with Crippen molar-refractivity contribution in [1.82, 2.24) is 31.1 Å². The maximum absolute atomic E-state index is 11.6. The molecule has 0 aliphatic carbocycles. The third-order valence-electron chi connectivity index (χ3n) is 3.11. The maximum Gasteiger partial charge on any atom is 0.411 e. The topological polar surface area (TPSA) is 134 Å². The number of ether oxygens (including phenoxy) is 3. The lowest BCUT2D eigenvalue weighted by atomic mass is 10.5. The molecule has 0 saturated carbocycles. The van der Waals surface area contributed by atoms with Crippen molar-refractivity contribution in [3.63, 3.8) is 0 Å². The van der Waals surface area contributed by atoms with E-state index in [1.54, 1.807) is 0 Å². The molecular weight excluding hydrogens is 312 g/mol. The number of carbonyl (C=O) groups is 3. The summed E-state index contributed by atoms with van der Waals surface area (Å²) in [6.45, 7) is 0. The van der Waals surface area contributed by atoms with Crippen LogP contribution in [0.1, 0.15) is 0 Å². The molecule has 0 bridgehead atoms. The molecule has 12 heteroatoms. The molecule has 1 heterocycles. The normalized spacial score (nSPS) is 23.4. The van der Waals surface area contributed by atoms with Gasteiger partial charge in [-0.1, -0.05) is 0 Å². The number of alkyl carbamates (subject to hydrolysis) is 1. The monoisotopic (exact) mass is 334 g/mol. The van der Waals surface area contributed by atoms with E-state index in [1.165, 1.54) is 45.2 Å². The van der Waals surface area contributed by atoms with E-state index < -0.39 is 37.1 Å². The number of hydrogen-bond donors (Lipinski definition) is 4. The zero-order valence-corrected chi connectivity index (χ0v) is 13.6. The first-order valence-corrected chi connectivity index (χ1v) is 6.58. The van der Waals surface area contributed by atoms with Crippen LogP contribution >= 0.6 is 0 Å². The fourth-order valence-electron chi connectivity index (χ4n) is 1.82. The summed E-state index contributed by atoms with van der Waals surface area (Å²) in [6, 6.07) is 0. The van der Waals surface area contributed by atoms with Crippen molar-refractivity contribution in [3.05, 3.63) is 0 Å². The Labute approximate surface area is 133 Å². The molecule has 3 amide bonds. The number of nitrogens with zero attached hydrogens (tertiary/aromatic N) is 2. The number of carbonyl (C=O) groups excluding carboxylic acids is 3. The van der Waals surface area contributed by atoms with Gasteiger partial charge in [-0.2, -0.15) is 0 Å². The predicted molar refractivity (Wildman–Crippen MR) is 76.6 cm³/mol. The molecule has 0 aromatic heterocycles. The van der Waals surface area contributed by atoms with Gasteiger partial charge in [0, 0.05) is 14.1 Å². The van der Waals surface area contributed by atoms with Crippen LogP contribution in [-0.4, -0.2) is 82.4 Å². The highest BCUT2D eigenvalue weighted by Gasteiger charge is 2.35. The molecule has 1 rings (SSSR count). The predicted octanol–water partition coefficient (Wildman–Crippen LogP) is -1.63. The summed E-state index contributed by atoms with van der Waals surface area (Å²) in [5.41, 5.74) is 0. The first kappa shape index (κ1) is 18.7. The van der Waals surface area contributed by atoms with Crippen molar-refractivity contribution in [1.29, 1.82) is 0 Å². The van der Waals surface area contributed by atoms with Crippen molar-refractivity contribution in [2.75, 3.05) is 35.4 Å². The Bertz CT molecular complexity index is 419. The molecule has 1 fully saturated rings. The maximum atomic E-state index is 11.6. The van der Waals surface area contributed by atoms with E-state index in [0.717, 1.165) is 0 Å². The summed E-state index contributed by atoms with van der Waals surface area (Å²) < 4.78 is 13.8. The van der Waals surface area contributed by atoms with Gasteiger partial charge in [0.25, 0.3) is 0 Å². The average molecular weight is 334 g/mol. The van der Waals surface area contributed by atoms with Crippen molar-refractivity contribution in [3.8, 4) is 0 Å². The highest BCUT2D eigenvalue weighted by molar-refractivity contribution is 5.69. The Morgan fingerprint density at radius 1 is 0.826 bits per heavy atom. The van der Waals surface area contributed by atoms with Gasteiger partial charge in [-0.15, -0.1) is 0 Å². The summed E-state index contributed by atoms with van der Waals surface area (Å²) in [6.07, 6.45) is -4.22. The molecule has 0 radical (unpaired) electrons. The molecule has 0 aromatic carbocycles. The molecular formula is C11H22N6O6. The van der Waals surface area contributed by atoms with Crippen LogP contribution in [0.25, 0.3) is 0 Å². The van der Waals surface area contributed by atoms with E-state index >= 15 is 0 Å². The number of nitrogens with one attached hydrogen (secondary N) is 4. The highest BCUT2D eigenvalue weighted by Crippen LogP contribution is 2.04. The Morgan fingerprint density at radius 3 is 1.61 bits per heavy atom. The molecule has 2 unspecified atom stereocenters. The molecule has 12 nitrogen and oxygen atoms in total. The third kappa shape index (κ3) is 4.84. The lowest BCUT2D eigenvalue weighted by Crippen LogP contribution is -2.78. The first-order valence-electron chi connectivity index (χ1n) is 6.58. The molecule has 0 spiro atoms. The van der Waals surface area contributed by atoms with E-state index in [4.69, 9.17) is 0 Å². The molecule has 23 heavy (non-hydrogen) atoms. The fourth-order valence-corrected chi connectivity index (χ4v) is 1.82.